The number of nitrogens with zero attached hydrogens (tertiary/aromatic N) is 2. The predicted octanol–water partition coefficient (Wildman–Crippen LogP) is 2.86. The molecule has 1 amide bonds. The number of nitro groups is 1. The molecule has 1 fully saturated rings. The summed E-state index contributed by atoms with van der Waals surface area (Å²) < 4.78 is 5.75. The van der Waals surface area contributed by atoms with E-state index in [1.807, 2.05) is 20.8 Å². The van der Waals surface area contributed by atoms with Crippen LogP contribution in [0.4, 0.5) is 5.69 Å². The predicted molar refractivity (Wildman–Crippen MR) is 100 cm³/mol. The van der Waals surface area contributed by atoms with Crippen molar-refractivity contribution in [2.75, 3.05) is 26.2 Å². The van der Waals surface area contributed by atoms with Crippen LogP contribution in [0.1, 0.15) is 56.0 Å². The molecule has 144 valence electrons. The second-order valence-electron chi connectivity index (χ2n) is 7.74. The minimum Gasteiger partial charge on any atom is -0.378 e. The van der Waals surface area contributed by atoms with Gasteiger partial charge in [-0.2, -0.15) is 0 Å². The van der Waals surface area contributed by atoms with Crippen molar-refractivity contribution in [3.05, 3.63) is 39.4 Å². The largest absolute Gasteiger partial charge is 0.378 e. The van der Waals surface area contributed by atoms with E-state index in [4.69, 9.17) is 10.5 Å². The van der Waals surface area contributed by atoms with Crippen molar-refractivity contribution in [3.63, 3.8) is 0 Å². The fourth-order valence-electron chi connectivity index (χ4n) is 3.19. The number of carbonyl (C=O) groups excluding carboxylic acids is 1. The van der Waals surface area contributed by atoms with Crippen LogP contribution in [0.15, 0.2) is 18.2 Å². The van der Waals surface area contributed by atoms with Crippen molar-refractivity contribution >= 4 is 11.6 Å². The Morgan fingerprint density at radius 2 is 2.00 bits per heavy atom. The van der Waals surface area contributed by atoms with Crippen LogP contribution in [0.3, 0.4) is 0 Å². The molecule has 2 rings (SSSR count). The van der Waals surface area contributed by atoms with Crippen LogP contribution in [0, 0.1) is 10.1 Å². The first kappa shape index (κ1) is 20.3. The van der Waals surface area contributed by atoms with Gasteiger partial charge in [-0.3, -0.25) is 14.9 Å². The highest BCUT2D eigenvalue weighted by Crippen LogP contribution is 2.32. The molecule has 0 aromatic heterocycles. The standard InChI is InChI=1S/C19H29N3O4/c1-19(2,3)16-6-5-14(13-17(16)22(24)25)18(23)21-10-7-15(8-11-21)26-12-4-9-20/h5-6,13,15H,4,7-12,20H2,1-3H3. The minimum atomic E-state index is -0.408. The summed E-state index contributed by atoms with van der Waals surface area (Å²) in [5.74, 6) is -0.158. The van der Waals surface area contributed by atoms with E-state index in [1.54, 1.807) is 17.0 Å². The van der Waals surface area contributed by atoms with Gasteiger partial charge in [0.2, 0.25) is 0 Å². The molecule has 0 radical (unpaired) electrons. The number of nitro benzene ring substituents is 1. The third-order valence-corrected chi connectivity index (χ3v) is 4.68. The number of hydrogen-bond acceptors (Lipinski definition) is 5. The lowest BCUT2D eigenvalue weighted by atomic mass is 9.85. The summed E-state index contributed by atoms with van der Waals surface area (Å²) in [5, 5.41) is 11.4. The van der Waals surface area contributed by atoms with Gasteiger partial charge < -0.3 is 15.4 Å². The normalized spacial score (nSPS) is 15.9. The number of carbonyl (C=O) groups is 1. The Balaban J connectivity index is 2.06. The first-order valence-electron chi connectivity index (χ1n) is 9.14. The molecule has 7 nitrogen and oxygen atoms in total. The number of likely N-dealkylation sites (tertiary alicyclic amines) is 1. The van der Waals surface area contributed by atoms with Gasteiger partial charge in [0.05, 0.1) is 11.0 Å². The van der Waals surface area contributed by atoms with Gasteiger partial charge in [0.1, 0.15) is 0 Å². The highest BCUT2D eigenvalue weighted by Gasteiger charge is 2.28. The molecule has 0 atom stereocenters. The Kier molecular flexibility index (Phi) is 6.72. The first-order valence-corrected chi connectivity index (χ1v) is 9.14. The fourth-order valence-corrected chi connectivity index (χ4v) is 3.19. The van der Waals surface area contributed by atoms with Crippen molar-refractivity contribution in [2.24, 2.45) is 5.73 Å². The highest BCUT2D eigenvalue weighted by molar-refractivity contribution is 5.95. The van der Waals surface area contributed by atoms with Gasteiger partial charge in [-0.15, -0.1) is 0 Å². The number of nitrogens with two attached hydrogens (primary N) is 1. The molecule has 1 aromatic rings. The topological polar surface area (TPSA) is 98.7 Å². The second kappa shape index (κ2) is 8.60. The molecular formula is C19H29N3O4. The Morgan fingerprint density at radius 3 is 2.54 bits per heavy atom. The zero-order valence-electron chi connectivity index (χ0n) is 15.9. The third-order valence-electron chi connectivity index (χ3n) is 4.68. The number of rotatable bonds is 6. The summed E-state index contributed by atoms with van der Waals surface area (Å²) in [7, 11) is 0. The third kappa shape index (κ3) is 5.02. The molecule has 0 spiro atoms. The molecule has 2 N–H and O–H groups in total. The van der Waals surface area contributed by atoms with E-state index in [2.05, 4.69) is 0 Å². The molecule has 1 saturated heterocycles. The summed E-state index contributed by atoms with van der Waals surface area (Å²) in [6.07, 6.45) is 2.54. The zero-order valence-corrected chi connectivity index (χ0v) is 15.9. The average Bonchev–Trinajstić information content (AvgIpc) is 2.60. The van der Waals surface area contributed by atoms with Crippen LogP contribution in [0.5, 0.6) is 0 Å². The molecule has 1 aliphatic rings. The van der Waals surface area contributed by atoms with Crippen LogP contribution in [-0.4, -0.2) is 48.1 Å². The van der Waals surface area contributed by atoms with Crippen LogP contribution < -0.4 is 5.73 Å². The zero-order chi connectivity index (χ0) is 19.3. The number of benzene rings is 1. The van der Waals surface area contributed by atoms with Crippen LogP contribution in [0.2, 0.25) is 0 Å². The highest BCUT2D eigenvalue weighted by atomic mass is 16.6. The molecule has 1 heterocycles. The Labute approximate surface area is 154 Å². The number of piperidine rings is 1. The Morgan fingerprint density at radius 1 is 1.35 bits per heavy atom. The van der Waals surface area contributed by atoms with Crippen molar-refractivity contribution in [3.8, 4) is 0 Å². The molecule has 0 aliphatic carbocycles. The van der Waals surface area contributed by atoms with E-state index < -0.39 is 4.92 Å². The molecule has 26 heavy (non-hydrogen) atoms. The molecule has 1 aliphatic heterocycles. The maximum absolute atomic E-state index is 12.7. The average molecular weight is 363 g/mol. The van der Waals surface area contributed by atoms with E-state index in [1.165, 1.54) is 6.07 Å². The monoisotopic (exact) mass is 363 g/mol. The Hall–Kier alpha value is -1.99. The number of ether oxygens (including phenoxy) is 1. The fraction of sp³-hybridized carbons (Fsp3) is 0.632. The molecule has 7 heteroatoms. The van der Waals surface area contributed by atoms with Crippen LogP contribution >= 0.6 is 0 Å². The first-order chi connectivity index (χ1) is 12.2. The maximum Gasteiger partial charge on any atom is 0.273 e. The number of hydrogen-bond donors (Lipinski definition) is 1. The molecular weight excluding hydrogens is 334 g/mol. The van der Waals surface area contributed by atoms with Crippen molar-refractivity contribution in [2.45, 2.75) is 51.6 Å². The van der Waals surface area contributed by atoms with Gasteiger partial charge in [-0.25, -0.2) is 0 Å². The molecule has 0 saturated carbocycles. The maximum atomic E-state index is 12.7. The van der Waals surface area contributed by atoms with E-state index in [0.29, 0.717) is 37.4 Å². The molecule has 1 aromatic carbocycles. The second-order valence-corrected chi connectivity index (χ2v) is 7.74. The number of amides is 1. The van der Waals surface area contributed by atoms with E-state index in [-0.39, 0.29) is 23.1 Å². The van der Waals surface area contributed by atoms with E-state index >= 15 is 0 Å². The van der Waals surface area contributed by atoms with Crippen molar-refractivity contribution < 1.29 is 14.5 Å². The quantitative estimate of drug-likeness (QED) is 0.476. The summed E-state index contributed by atoms with van der Waals surface area (Å²) in [6, 6.07) is 4.81. The summed E-state index contributed by atoms with van der Waals surface area (Å²) in [4.78, 5) is 25.5. The van der Waals surface area contributed by atoms with Crippen LogP contribution in [0.25, 0.3) is 0 Å². The lowest BCUT2D eigenvalue weighted by Crippen LogP contribution is -2.41. The lowest BCUT2D eigenvalue weighted by Gasteiger charge is -2.32. The lowest BCUT2D eigenvalue weighted by molar-refractivity contribution is -0.386. The van der Waals surface area contributed by atoms with Gasteiger partial charge in [0.15, 0.2) is 0 Å². The SMILES string of the molecule is CC(C)(C)c1ccc(C(=O)N2CCC(OCCCN)CC2)cc1[N+](=O)[O-]. The van der Waals surface area contributed by atoms with Gasteiger partial charge in [-0.05, 0) is 37.3 Å². The molecule has 0 bridgehead atoms. The van der Waals surface area contributed by atoms with Crippen LogP contribution in [-0.2, 0) is 10.2 Å². The van der Waals surface area contributed by atoms with Gasteiger partial charge in [0, 0.05) is 36.9 Å². The summed E-state index contributed by atoms with van der Waals surface area (Å²) >= 11 is 0. The van der Waals surface area contributed by atoms with E-state index in [0.717, 1.165) is 19.3 Å². The minimum absolute atomic E-state index is 0.00311. The molecule has 0 unspecified atom stereocenters. The van der Waals surface area contributed by atoms with Crippen molar-refractivity contribution in [1.29, 1.82) is 0 Å². The summed E-state index contributed by atoms with van der Waals surface area (Å²) in [6.45, 7) is 8.23. The van der Waals surface area contributed by atoms with Crippen molar-refractivity contribution in [1.82, 2.24) is 4.90 Å². The van der Waals surface area contributed by atoms with Gasteiger partial charge in [-0.1, -0.05) is 26.8 Å². The Bertz CT molecular complexity index is 647. The van der Waals surface area contributed by atoms with Gasteiger partial charge >= 0.3 is 0 Å². The van der Waals surface area contributed by atoms with Gasteiger partial charge in [0.25, 0.3) is 11.6 Å². The summed E-state index contributed by atoms with van der Waals surface area (Å²) in [5.41, 5.74) is 6.10. The smallest absolute Gasteiger partial charge is 0.273 e. The van der Waals surface area contributed by atoms with E-state index in [9.17, 15) is 14.9 Å².